The lowest BCUT2D eigenvalue weighted by molar-refractivity contribution is 0.410. The van der Waals surface area contributed by atoms with Crippen molar-refractivity contribution in [3.05, 3.63) is 167 Å². The van der Waals surface area contributed by atoms with Gasteiger partial charge in [0.1, 0.15) is 40.6 Å². The quantitative estimate of drug-likeness (QED) is 0.111. The molecule has 0 spiro atoms. The average Bonchev–Trinajstić information content (AvgIpc) is 3.35. The summed E-state index contributed by atoms with van der Waals surface area (Å²) < 4.78 is 78.9. The van der Waals surface area contributed by atoms with Gasteiger partial charge in [0.05, 0.1) is 14.2 Å². The molecule has 3 N–H and O–H groups in total. The van der Waals surface area contributed by atoms with Gasteiger partial charge in [0.25, 0.3) is 0 Å². The summed E-state index contributed by atoms with van der Waals surface area (Å²) in [5, 5.41) is 10.0. The minimum absolute atomic E-state index is 0.144. The lowest BCUT2D eigenvalue weighted by Crippen LogP contribution is -2.26. The number of halogens is 5. The van der Waals surface area contributed by atoms with Crippen LogP contribution in [0.1, 0.15) is 78.5 Å². The molecule has 0 radical (unpaired) electrons. The van der Waals surface area contributed by atoms with Gasteiger partial charge in [-0.05, 0) is 228 Å². The summed E-state index contributed by atoms with van der Waals surface area (Å²) in [5.41, 5.74) is 4.35. The van der Waals surface area contributed by atoms with Gasteiger partial charge in [0.2, 0.25) is 0 Å². The standard InChI is InChI=1S/C19H22FNOS.C18H19F2NOS.C17H17F2NS/c1-13-11-16(22-2)4-6-18(13)23-19-5-3-15(20)12-17(19)14-7-9-21-10-8-14;1-22-14-3-5-18(16(20)11-14)23-17-4-2-13(19)10-15(17)12-6-8-21-9-7-12;18-13-2-1-3-15(10-13)21-17-5-4-14(19)11-16(17)12-6-8-20-9-7-12/h3-6,11-12,14,21H,7-10H2,1-2H3;2-5,10-12,21H,6-9H2,1H3;1-5,10-12,20H,6-9H2. The van der Waals surface area contributed by atoms with E-state index in [1.165, 1.54) is 71.4 Å². The van der Waals surface area contributed by atoms with Crippen molar-refractivity contribution in [3.63, 3.8) is 0 Å². The molecule has 0 amide bonds. The van der Waals surface area contributed by atoms with Crippen molar-refractivity contribution in [2.45, 2.75) is 92.6 Å². The fourth-order valence-corrected chi connectivity index (χ4v) is 11.8. The van der Waals surface area contributed by atoms with Crippen molar-refractivity contribution in [2.75, 3.05) is 53.5 Å². The van der Waals surface area contributed by atoms with Crippen LogP contribution in [0.25, 0.3) is 0 Å². The Labute approximate surface area is 404 Å². The van der Waals surface area contributed by atoms with Crippen LogP contribution in [0.4, 0.5) is 22.0 Å². The van der Waals surface area contributed by atoms with Gasteiger partial charge in [0, 0.05) is 35.4 Å². The first-order chi connectivity index (χ1) is 32.6. The number of aryl methyl sites for hydroxylation is 1. The molecule has 13 heteroatoms. The van der Waals surface area contributed by atoms with Gasteiger partial charge < -0.3 is 25.4 Å². The summed E-state index contributed by atoms with van der Waals surface area (Å²) in [6, 6.07) is 32.3. The Morgan fingerprint density at radius 3 is 1.22 bits per heavy atom. The smallest absolute Gasteiger partial charge is 0.140 e. The topological polar surface area (TPSA) is 54.5 Å². The summed E-state index contributed by atoms with van der Waals surface area (Å²) in [5.74, 6) is 1.33. The second-order valence-electron chi connectivity index (χ2n) is 16.8. The third kappa shape index (κ3) is 14.5. The van der Waals surface area contributed by atoms with E-state index in [0.29, 0.717) is 28.4 Å². The zero-order chi connectivity index (χ0) is 47.1. The number of nitrogens with one attached hydrogen (secondary N) is 3. The fraction of sp³-hybridized carbons (Fsp3) is 0.333. The van der Waals surface area contributed by atoms with Gasteiger partial charge in [-0.15, -0.1) is 0 Å². The summed E-state index contributed by atoms with van der Waals surface area (Å²) in [6.45, 7) is 7.89. The molecule has 9 rings (SSSR count). The van der Waals surface area contributed by atoms with Crippen LogP contribution in [0.15, 0.2) is 145 Å². The molecule has 3 aliphatic rings. The maximum atomic E-state index is 14.2. The first-order valence-electron chi connectivity index (χ1n) is 22.8. The van der Waals surface area contributed by atoms with Gasteiger partial charge in [-0.1, -0.05) is 41.4 Å². The fourth-order valence-electron chi connectivity index (χ4n) is 8.64. The molecule has 6 aromatic rings. The van der Waals surface area contributed by atoms with Crippen molar-refractivity contribution >= 4 is 35.3 Å². The van der Waals surface area contributed by atoms with Crippen LogP contribution in [0.3, 0.4) is 0 Å². The maximum Gasteiger partial charge on any atom is 0.140 e. The predicted octanol–water partition coefficient (Wildman–Crippen LogP) is 13.9. The van der Waals surface area contributed by atoms with Gasteiger partial charge in [0.15, 0.2) is 0 Å². The zero-order valence-electron chi connectivity index (χ0n) is 38.1. The van der Waals surface area contributed by atoms with Crippen LogP contribution in [0, 0.1) is 36.0 Å². The van der Waals surface area contributed by atoms with Crippen LogP contribution < -0.4 is 25.4 Å². The number of piperidine rings is 3. The average molecular weight is 972 g/mol. The highest BCUT2D eigenvalue weighted by Gasteiger charge is 2.23. The lowest BCUT2D eigenvalue weighted by Gasteiger charge is -2.25. The molecule has 6 aromatic carbocycles. The Balaban J connectivity index is 0.000000149. The van der Waals surface area contributed by atoms with E-state index in [0.717, 1.165) is 120 Å². The Bertz CT molecular complexity index is 2430. The Morgan fingerprint density at radius 2 is 0.806 bits per heavy atom. The van der Waals surface area contributed by atoms with E-state index in [1.54, 1.807) is 67.4 Å². The molecule has 0 unspecified atom stereocenters. The van der Waals surface area contributed by atoms with Gasteiger partial charge in [-0.25, -0.2) is 22.0 Å². The molecule has 0 saturated carbocycles. The van der Waals surface area contributed by atoms with Crippen molar-refractivity contribution < 1.29 is 31.4 Å². The Morgan fingerprint density at radius 1 is 0.418 bits per heavy atom. The molecule has 0 bridgehead atoms. The van der Waals surface area contributed by atoms with Crippen LogP contribution in [0.2, 0.25) is 0 Å². The monoisotopic (exact) mass is 971 g/mol. The number of rotatable bonds is 11. The van der Waals surface area contributed by atoms with Crippen LogP contribution in [-0.4, -0.2) is 53.5 Å². The second-order valence-corrected chi connectivity index (χ2v) is 20.1. The summed E-state index contributed by atoms with van der Waals surface area (Å²) in [4.78, 5) is 5.65. The number of hydrogen-bond acceptors (Lipinski definition) is 8. The summed E-state index contributed by atoms with van der Waals surface area (Å²) in [7, 11) is 3.19. The molecule has 3 saturated heterocycles. The van der Waals surface area contributed by atoms with Crippen LogP contribution in [-0.2, 0) is 0 Å². The lowest BCUT2D eigenvalue weighted by atomic mass is 9.90. The molecule has 67 heavy (non-hydrogen) atoms. The molecule has 0 atom stereocenters. The zero-order valence-corrected chi connectivity index (χ0v) is 40.6. The van der Waals surface area contributed by atoms with Crippen molar-refractivity contribution in [1.82, 2.24) is 16.0 Å². The number of benzene rings is 6. The predicted molar refractivity (Wildman–Crippen MR) is 263 cm³/mol. The molecule has 3 heterocycles. The van der Waals surface area contributed by atoms with E-state index < -0.39 is 0 Å². The van der Waals surface area contributed by atoms with Gasteiger partial charge in [-0.3, -0.25) is 0 Å². The molecule has 5 nitrogen and oxygen atoms in total. The van der Waals surface area contributed by atoms with Crippen LogP contribution >= 0.6 is 35.3 Å². The first kappa shape index (κ1) is 50.4. The SMILES string of the molecule is COc1ccc(Sc2ccc(F)cc2C2CCNCC2)c(C)c1.COc1ccc(Sc2ccc(F)cc2C2CCNCC2)c(F)c1.Fc1cccc(Sc2ccc(F)cc2C2CCNCC2)c1. The second kappa shape index (κ2) is 25.2. The molecular formula is C54H58F5N3O2S3. The molecule has 0 aromatic heterocycles. The number of methoxy groups -OCH3 is 2. The van der Waals surface area contributed by atoms with Crippen LogP contribution in [0.5, 0.6) is 11.5 Å². The minimum atomic E-state index is -0.324. The maximum absolute atomic E-state index is 14.2. The highest BCUT2D eigenvalue weighted by atomic mass is 32.2. The molecule has 0 aliphatic carbocycles. The van der Waals surface area contributed by atoms with E-state index in [1.807, 2.05) is 30.3 Å². The Kier molecular flexibility index (Phi) is 19.0. The van der Waals surface area contributed by atoms with Crippen molar-refractivity contribution in [1.29, 1.82) is 0 Å². The minimum Gasteiger partial charge on any atom is -0.497 e. The third-order valence-corrected chi connectivity index (χ3v) is 15.7. The van der Waals surface area contributed by atoms with E-state index in [-0.39, 0.29) is 29.1 Å². The van der Waals surface area contributed by atoms with Gasteiger partial charge in [-0.2, -0.15) is 0 Å². The summed E-state index contributed by atoms with van der Waals surface area (Å²) in [6.07, 6.45) is 6.11. The van der Waals surface area contributed by atoms with E-state index in [4.69, 9.17) is 9.47 Å². The van der Waals surface area contributed by atoms with E-state index in [9.17, 15) is 22.0 Å². The molecular weight excluding hydrogens is 914 g/mol. The number of hydrogen-bond donors (Lipinski definition) is 3. The van der Waals surface area contributed by atoms with Crippen molar-refractivity contribution in [3.8, 4) is 11.5 Å². The Hall–Kier alpha value is -4.50. The molecule has 3 fully saturated rings. The largest absolute Gasteiger partial charge is 0.497 e. The molecule has 3 aliphatic heterocycles. The normalized spacial score (nSPS) is 15.8. The van der Waals surface area contributed by atoms with Crippen molar-refractivity contribution in [2.24, 2.45) is 0 Å². The highest BCUT2D eigenvalue weighted by molar-refractivity contribution is 8.00. The third-order valence-electron chi connectivity index (χ3n) is 12.2. The van der Waals surface area contributed by atoms with E-state index in [2.05, 4.69) is 28.9 Å². The number of ether oxygens (including phenoxy) is 2. The van der Waals surface area contributed by atoms with E-state index >= 15 is 0 Å². The highest BCUT2D eigenvalue weighted by Crippen LogP contribution is 2.42. The summed E-state index contributed by atoms with van der Waals surface area (Å²) >= 11 is 4.57. The van der Waals surface area contributed by atoms with Gasteiger partial charge >= 0.3 is 0 Å². The molecule has 354 valence electrons. The first-order valence-corrected chi connectivity index (χ1v) is 25.3.